The van der Waals surface area contributed by atoms with Crippen LogP contribution in [-0.4, -0.2) is 75.4 Å². The third-order valence-electron chi connectivity index (χ3n) is 5.73. The zero-order valence-electron chi connectivity index (χ0n) is 20.5. The van der Waals surface area contributed by atoms with Crippen molar-refractivity contribution in [1.29, 1.82) is 0 Å². The molecule has 0 aliphatic carbocycles. The third kappa shape index (κ3) is 6.59. The molecule has 4 rings (SSSR count). The van der Waals surface area contributed by atoms with Gasteiger partial charge in [0.2, 0.25) is 9.84 Å². The van der Waals surface area contributed by atoms with Crippen molar-refractivity contribution in [3.63, 3.8) is 0 Å². The first kappa shape index (κ1) is 26.5. The molecule has 2 heterocycles. The van der Waals surface area contributed by atoms with Crippen LogP contribution >= 0.6 is 0 Å². The second-order valence-electron chi connectivity index (χ2n) is 8.72. The molecule has 0 bridgehead atoms. The fourth-order valence-electron chi connectivity index (χ4n) is 3.61. The Morgan fingerprint density at radius 3 is 2.27 bits per heavy atom. The van der Waals surface area contributed by atoms with Crippen LogP contribution in [0.1, 0.15) is 0 Å². The first-order valence-corrected chi connectivity index (χ1v) is 15.0. The van der Waals surface area contributed by atoms with Crippen molar-refractivity contribution in [3.8, 4) is 11.4 Å². The Kier molecular flexibility index (Phi) is 7.71. The number of hydrogen-bond acceptors (Lipinski definition) is 10. The Labute approximate surface area is 216 Å². The van der Waals surface area contributed by atoms with Crippen LogP contribution in [0.4, 0.5) is 11.6 Å². The monoisotopic (exact) mass is 540 g/mol. The van der Waals surface area contributed by atoms with E-state index in [4.69, 9.17) is 5.73 Å². The molecule has 2 aromatic carbocycles. The molecular weight excluding hydrogens is 512 g/mol. The van der Waals surface area contributed by atoms with Crippen molar-refractivity contribution in [3.05, 3.63) is 66.9 Å². The molecule has 4 aromatic rings. The number of benzene rings is 2. The fourth-order valence-corrected chi connectivity index (χ4v) is 5.53. The highest BCUT2D eigenvalue weighted by Gasteiger charge is 2.18. The van der Waals surface area contributed by atoms with Gasteiger partial charge >= 0.3 is 0 Å². The summed E-state index contributed by atoms with van der Waals surface area (Å²) in [5, 5.41) is 3.84. The molecule has 0 spiro atoms. The van der Waals surface area contributed by atoms with Crippen molar-refractivity contribution >= 4 is 42.2 Å². The predicted octanol–water partition coefficient (Wildman–Crippen LogP) is 2.50. The molecule has 2 aromatic heterocycles. The molecule has 0 amide bonds. The van der Waals surface area contributed by atoms with Crippen LogP contribution in [0.25, 0.3) is 22.3 Å². The summed E-state index contributed by atoms with van der Waals surface area (Å²) in [7, 11) is -4.76. The van der Waals surface area contributed by atoms with E-state index in [1.807, 2.05) is 11.9 Å². The van der Waals surface area contributed by atoms with E-state index >= 15 is 0 Å². The van der Waals surface area contributed by atoms with E-state index in [1.54, 1.807) is 54.7 Å². The number of hydrogen-bond donors (Lipinski definition) is 2. The maximum absolute atomic E-state index is 12.8. The summed E-state index contributed by atoms with van der Waals surface area (Å²) in [6.45, 7) is 1.65. The summed E-state index contributed by atoms with van der Waals surface area (Å²) in [6, 6.07) is 16.4. The molecule has 37 heavy (non-hydrogen) atoms. The van der Waals surface area contributed by atoms with Gasteiger partial charge in [0, 0.05) is 36.8 Å². The predicted molar refractivity (Wildman–Crippen MR) is 145 cm³/mol. The highest BCUT2D eigenvalue weighted by molar-refractivity contribution is 7.91. The van der Waals surface area contributed by atoms with Crippen LogP contribution in [0.3, 0.4) is 0 Å². The van der Waals surface area contributed by atoms with Gasteiger partial charge in [-0.25, -0.2) is 31.8 Å². The number of nitrogen functional groups attached to an aromatic ring is 1. The average Bonchev–Trinajstić information content (AvgIpc) is 2.88. The summed E-state index contributed by atoms with van der Waals surface area (Å²) in [4.78, 5) is 15.7. The first-order chi connectivity index (χ1) is 17.5. The van der Waals surface area contributed by atoms with Crippen LogP contribution in [0, 0.1) is 0 Å². The van der Waals surface area contributed by atoms with Gasteiger partial charge in [0.15, 0.2) is 5.82 Å². The van der Waals surface area contributed by atoms with Crippen LogP contribution in [0.15, 0.2) is 76.7 Å². The molecular formula is C25H28N6O4S2. The largest absolute Gasteiger partial charge is 0.383 e. The van der Waals surface area contributed by atoms with Gasteiger partial charge in [-0.2, -0.15) is 0 Å². The molecule has 0 radical (unpaired) electrons. The maximum atomic E-state index is 12.8. The molecule has 10 nitrogen and oxygen atoms in total. The number of sulfone groups is 2. The van der Waals surface area contributed by atoms with Gasteiger partial charge in [0.25, 0.3) is 0 Å². The van der Waals surface area contributed by atoms with Crippen molar-refractivity contribution in [2.45, 2.75) is 9.79 Å². The minimum atomic E-state index is -3.62. The van der Waals surface area contributed by atoms with E-state index in [0.29, 0.717) is 47.7 Å². The summed E-state index contributed by atoms with van der Waals surface area (Å²) < 4.78 is 48.3. The van der Waals surface area contributed by atoms with Gasteiger partial charge in [-0.15, -0.1) is 0 Å². The van der Waals surface area contributed by atoms with E-state index in [1.165, 1.54) is 18.4 Å². The van der Waals surface area contributed by atoms with Crippen LogP contribution in [0.2, 0.25) is 0 Å². The first-order valence-electron chi connectivity index (χ1n) is 11.5. The van der Waals surface area contributed by atoms with E-state index in [2.05, 4.69) is 20.3 Å². The number of rotatable bonds is 10. The lowest BCUT2D eigenvalue weighted by Gasteiger charge is -2.16. The molecule has 0 aliphatic heterocycles. The van der Waals surface area contributed by atoms with Gasteiger partial charge < -0.3 is 16.0 Å². The third-order valence-corrected chi connectivity index (χ3v) is 8.44. The zero-order valence-corrected chi connectivity index (χ0v) is 22.1. The average molecular weight is 541 g/mol. The van der Waals surface area contributed by atoms with Crippen LogP contribution in [-0.2, 0) is 19.7 Å². The zero-order chi connectivity index (χ0) is 26.6. The van der Waals surface area contributed by atoms with Gasteiger partial charge in [-0.1, -0.05) is 18.2 Å². The van der Waals surface area contributed by atoms with Gasteiger partial charge in [-0.3, -0.25) is 0 Å². The standard InChI is InChI=1S/C25H28N6O4S2/c1-31(14-15-36(2,32)33)13-12-27-23-16-21-22(17-28-23)29-25(30-24(21)26)18-8-10-20(11-9-18)37(34,35)19-6-4-3-5-7-19/h3-11,16-17H,12-15H2,1-2H3,(H,27,28)(H2,26,29,30). The minimum Gasteiger partial charge on any atom is -0.383 e. The lowest BCUT2D eigenvalue weighted by Crippen LogP contribution is -2.29. The Morgan fingerprint density at radius 1 is 0.919 bits per heavy atom. The Morgan fingerprint density at radius 2 is 1.59 bits per heavy atom. The number of anilines is 2. The summed E-state index contributed by atoms with van der Waals surface area (Å²) in [5.41, 5.74) is 7.41. The maximum Gasteiger partial charge on any atom is 0.206 e. The second-order valence-corrected chi connectivity index (χ2v) is 12.9. The van der Waals surface area contributed by atoms with E-state index in [-0.39, 0.29) is 21.4 Å². The van der Waals surface area contributed by atoms with Crippen molar-refractivity contribution in [1.82, 2.24) is 19.9 Å². The number of nitrogens with zero attached hydrogens (tertiary/aromatic N) is 4. The van der Waals surface area contributed by atoms with Crippen molar-refractivity contribution in [2.75, 3.05) is 49.7 Å². The van der Waals surface area contributed by atoms with Crippen molar-refractivity contribution in [2.24, 2.45) is 0 Å². The van der Waals surface area contributed by atoms with E-state index in [9.17, 15) is 16.8 Å². The molecule has 0 aliphatic rings. The Bertz CT molecular complexity index is 1610. The SMILES string of the molecule is CN(CCNc1cc2c(N)nc(-c3ccc(S(=O)(=O)c4ccccc4)cc3)nc2cn1)CCS(C)(=O)=O. The minimum absolute atomic E-state index is 0.111. The van der Waals surface area contributed by atoms with Crippen molar-refractivity contribution < 1.29 is 16.8 Å². The molecule has 0 saturated carbocycles. The number of nitrogens with two attached hydrogens (primary N) is 1. The highest BCUT2D eigenvalue weighted by Crippen LogP contribution is 2.27. The second kappa shape index (κ2) is 10.8. The smallest absolute Gasteiger partial charge is 0.206 e. The lowest BCUT2D eigenvalue weighted by molar-refractivity contribution is 0.367. The molecule has 0 fully saturated rings. The highest BCUT2D eigenvalue weighted by atomic mass is 32.2. The van der Waals surface area contributed by atoms with Crippen LogP contribution < -0.4 is 11.1 Å². The van der Waals surface area contributed by atoms with Gasteiger partial charge in [0.05, 0.1) is 27.3 Å². The summed E-state index contributed by atoms with van der Waals surface area (Å²) in [5.74, 6) is 1.35. The molecule has 0 unspecified atom stereocenters. The van der Waals surface area contributed by atoms with Crippen LogP contribution in [0.5, 0.6) is 0 Å². The Hall–Kier alpha value is -3.61. The van der Waals surface area contributed by atoms with Gasteiger partial charge in [0.1, 0.15) is 21.5 Å². The van der Waals surface area contributed by atoms with E-state index in [0.717, 1.165) is 0 Å². The lowest BCUT2D eigenvalue weighted by atomic mass is 10.2. The number of pyridine rings is 1. The summed E-state index contributed by atoms with van der Waals surface area (Å²) >= 11 is 0. The number of likely N-dealkylation sites (N-methyl/N-ethyl adjacent to an activating group) is 1. The summed E-state index contributed by atoms with van der Waals surface area (Å²) in [6.07, 6.45) is 2.82. The van der Waals surface area contributed by atoms with Gasteiger partial charge in [-0.05, 0) is 49.5 Å². The number of nitrogens with one attached hydrogen (secondary N) is 1. The molecule has 0 atom stereocenters. The molecule has 3 N–H and O–H groups in total. The van der Waals surface area contributed by atoms with E-state index < -0.39 is 19.7 Å². The number of aromatic nitrogens is 3. The molecule has 0 saturated heterocycles. The molecule has 12 heteroatoms. The normalized spacial score (nSPS) is 12.2. The quantitative estimate of drug-likeness (QED) is 0.307. The molecule has 194 valence electrons. The Balaban J connectivity index is 1.47. The fraction of sp³-hybridized carbons (Fsp3) is 0.240. The number of fused-ring (bicyclic) bond motifs is 1. The topological polar surface area (TPSA) is 148 Å².